The Bertz CT molecular complexity index is 724. The lowest BCUT2D eigenvalue weighted by Crippen LogP contribution is -2.44. The van der Waals surface area contributed by atoms with Gasteiger partial charge < -0.3 is 14.8 Å². The van der Waals surface area contributed by atoms with E-state index in [-0.39, 0.29) is 5.76 Å². The molecule has 0 bridgehead atoms. The van der Waals surface area contributed by atoms with Crippen LogP contribution in [0.4, 0.5) is 18.9 Å². The molecule has 7 heteroatoms. The van der Waals surface area contributed by atoms with Crippen LogP contribution in [0, 0.1) is 6.92 Å². The molecule has 130 valence electrons. The highest BCUT2D eigenvalue weighted by atomic mass is 19.4. The predicted octanol–water partition coefficient (Wildman–Crippen LogP) is 3.93. The van der Waals surface area contributed by atoms with E-state index in [0.29, 0.717) is 12.1 Å². The Balaban J connectivity index is 2.26. The summed E-state index contributed by atoms with van der Waals surface area (Å²) in [5.74, 6) is -1.44. The van der Waals surface area contributed by atoms with E-state index in [4.69, 9.17) is 4.42 Å². The molecule has 1 amide bonds. The molecule has 1 aromatic heterocycles. The van der Waals surface area contributed by atoms with Gasteiger partial charge in [-0.05, 0) is 37.1 Å². The number of alkyl halides is 3. The zero-order valence-electron chi connectivity index (χ0n) is 13.3. The summed E-state index contributed by atoms with van der Waals surface area (Å²) in [6, 6.07) is 9.13. The van der Waals surface area contributed by atoms with E-state index in [9.17, 15) is 23.1 Å². The maximum Gasteiger partial charge on any atom is 0.425 e. The number of hydrogen-bond acceptors (Lipinski definition) is 3. The van der Waals surface area contributed by atoms with Crippen LogP contribution in [-0.2, 0) is 16.8 Å². The molecule has 4 nitrogen and oxygen atoms in total. The molecule has 24 heavy (non-hydrogen) atoms. The second-order valence-electron chi connectivity index (χ2n) is 5.50. The molecular formula is C17H18F3NO3. The van der Waals surface area contributed by atoms with Gasteiger partial charge in [-0.3, -0.25) is 4.79 Å². The van der Waals surface area contributed by atoms with E-state index in [1.54, 1.807) is 24.3 Å². The Kier molecular flexibility index (Phi) is 5.03. The summed E-state index contributed by atoms with van der Waals surface area (Å²) in [6.07, 6.45) is -5.64. The van der Waals surface area contributed by atoms with E-state index in [1.165, 1.54) is 13.0 Å². The maximum absolute atomic E-state index is 13.4. The summed E-state index contributed by atoms with van der Waals surface area (Å²) in [5, 5.41) is 12.6. The highest BCUT2D eigenvalue weighted by molar-refractivity contribution is 5.92. The number of carbonyl (C=O) groups is 1. The summed E-state index contributed by atoms with van der Waals surface area (Å²) in [5.41, 5.74) is -2.17. The zero-order chi connectivity index (χ0) is 18.0. The number of carbonyl (C=O) groups excluding carboxylic acids is 1. The molecular weight excluding hydrogens is 323 g/mol. The van der Waals surface area contributed by atoms with Gasteiger partial charge in [0.25, 0.3) is 0 Å². The Morgan fingerprint density at radius 2 is 1.88 bits per heavy atom. The van der Waals surface area contributed by atoms with Crippen LogP contribution in [0.15, 0.2) is 40.8 Å². The van der Waals surface area contributed by atoms with Gasteiger partial charge in [-0.15, -0.1) is 0 Å². The number of nitrogens with one attached hydrogen (secondary N) is 1. The van der Waals surface area contributed by atoms with Crippen molar-refractivity contribution in [2.24, 2.45) is 0 Å². The molecule has 0 saturated carbocycles. The smallest absolute Gasteiger partial charge is 0.425 e. The van der Waals surface area contributed by atoms with Crippen molar-refractivity contribution in [2.45, 2.75) is 38.5 Å². The minimum Gasteiger partial charge on any atom is -0.463 e. The first-order valence-electron chi connectivity index (χ1n) is 7.41. The van der Waals surface area contributed by atoms with E-state index in [1.807, 2.05) is 6.92 Å². The standard InChI is InChI=1S/C17H18F3NO3/c1-3-12-6-4-5-7-13(12)21-15(22)10-16(23,17(18,19)20)14-9-8-11(2)24-14/h4-9,23H,3,10H2,1-2H3,(H,21,22). The first-order valence-corrected chi connectivity index (χ1v) is 7.41. The second-order valence-corrected chi connectivity index (χ2v) is 5.50. The third-order valence-corrected chi connectivity index (χ3v) is 3.71. The quantitative estimate of drug-likeness (QED) is 0.866. The molecule has 0 aliphatic rings. The topological polar surface area (TPSA) is 62.5 Å². The number of rotatable bonds is 5. The number of aliphatic hydroxyl groups is 1. The Labute approximate surface area is 137 Å². The maximum atomic E-state index is 13.4. The van der Waals surface area contributed by atoms with Crippen LogP contribution in [0.1, 0.15) is 30.4 Å². The third kappa shape index (κ3) is 3.62. The molecule has 0 radical (unpaired) electrons. The second kappa shape index (κ2) is 6.68. The summed E-state index contributed by atoms with van der Waals surface area (Å²) in [4.78, 5) is 12.1. The number of anilines is 1. The van der Waals surface area contributed by atoms with E-state index < -0.39 is 29.9 Å². The molecule has 0 aliphatic heterocycles. The monoisotopic (exact) mass is 341 g/mol. The lowest BCUT2D eigenvalue weighted by atomic mass is 9.95. The minimum atomic E-state index is -5.06. The van der Waals surface area contributed by atoms with Crippen LogP contribution >= 0.6 is 0 Å². The molecule has 2 aromatic rings. The predicted molar refractivity (Wildman–Crippen MR) is 82.5 cm³/mol. The fourth-order valence-electron chi connectivity index (χ4n) is 2.36. The first kappa shape index (κ1) is 18.1. The SMILES string of the molecule is CCc1ccccc1NC(=O)CC(O)(c1ccc(C)o1)C(F)(F)F. The van der Waals surface area contributed by atoms with Crippen LogP contribution in [0.5, 0.6) is 0 Å². The summed E-state index contributed by atoms with van der Waals surface area (Å²) in [6.45, 7) is 3.32. The van der Waals surface area contributed by atoms with Gasteiger partial charge in [-0.1, -0.05) is 25.1 Å². The van der Waals surface area contributed by atoms with Gasteiger partial charge in [0.2, 0.25) is 11.5 Å². The molecule has 0 saturated heterocycles. The molecule has 0 fully saturated rings. The normalized spacial score (nSPS) is 14.2. The van der Waals surface area contributed by atoms with Crippen LogP contribution in [-0.4, -0.2) is 17.2 Å². The molecule has 1 unspecified atom stereocenters. The Hall–Kier alpha value is -2.28. The lowest BCUT2D eigenvalue weighted by Gasteiger charge is -2.28. The van der Waals surface area contributed by atoms with Crippen molar-refractivity contribution >= 4 is 11.6 Å². The fraction of sp³-hybridized carbons (Fsp3) is 0.353. The van der Waals surface area contributed by atoms with Crippen molar-refractivity contribution in [1.82, 2.24) is 0 Å². The van der Waals surface area contributed by atoms with Crippen molar-refractivity contribution in [3.05, 3.63) is 53.5 Å². The highest BCUT2D eigenvalue weighted by Gasteiger charge is 2.58. The number of hydrogen-bond donors (Lipinski definition) is 2. The van der Waals surface area contributed by atoms with Gasteiger partial charge in [0.15, 0.2) is 0 Å². The van der Waals surface area contributed by atoms with Crippen molar-refractivity contribution in [3.63, 3.8) is 0 Å². The Morgan fingerprint density at radius 3 is 2.42 bits per heavy atom. The molecule has 1 atom stereocenters. The first-order chi connectivity index (χ1) is 11.2. The molecule has 0 spiro atoms. The molecule has 1 heterocycles. The highest BCUT2D eigenvalue weighted by Crippen LogP contribution is 2.42. The van der Waals surface area contributed by atoms with E-state index >= 15 is 0 Å². The summed E-state index contributed by atoms with van der Waals surface area (Å²) in [7, 11) is 0. The van der Waals surface area contributed by atoms with Crippen molar-refractivity contribution in [1.29, 1.82) is 0 Å². The van der Waals surface area contributed by atoms with Gasteiger partial charge in [-0.2, -0.15) is 13.2 Å². The largest absolute Gasteiger partial charge is 0.463 e. The third-order valence-electron chi connectivity index (χ3n) is 3.71. The van der Waals surface area contributed by atoms with Crippen LogP contribution in [0.3, 0.4) is 0 Å². The molecule has 0 aliphatic carbocycles. The van der Waals surface area contributed by atoms with Crippen molar-refractivity contribution < 1.29 is 27.5 Å². The molecule has 2 N–H and O–H groups in total. The van der Waals surface area contributed by atoms with Crippen LogP contribution in [0.25, 0.3) is 0 Å². The van der Waals surface area contributed by atoms with Gasteiger partial charge in [-0.25, -0.2) is 0 Å². The number of benzene rings is 1. The minimum absolute atomic E-state index is 0.212. The zero-order valence-corrected chi connectivity index (χ0v) is 13.3. The number of halogens is 3. The van der Waals surface area contributed by atoms with Gasteiger partial charge in [0.1, 0.15) is 11.5 Å². The van der Waals surface area contributed by atoms with Crippen molar-refractivity contribution in [2.75, 3.05) is 5.32 Å². The average molecular weight is 341 g/mol. The van der Waals surface area contributed by atoms with Gasteiger partial charge >= 0.3 is 6.18 Å². The lowest BCUT2D eigenvalue weighted by molar-refractivity contribution is -0.272. The number of amides is 1. The molecule has 2 rings (SSSR count). The van der Waals surface area contributed by atoms with Crippen LogP contribution in [0.2, 0.25) is 0 Å². The fourth-order valence-corrected chi connectivity index (χ4v) is 2.36. The van der Waals surface area contributed by atoms with Gasteiger partial charge in [0, 0.05) is 5.69 Å². The average Bonchev–Trinajstić information content (AvgIpc) is 2.93. The Morgan fingerprint density at radius 1 is 1.21 bits per heavy atom. The number of para-hydroxylation sites is 1. The van der Waals surface area contributed by atoms with Crippen molar-refractivity contribution in [3.8, 4) is 0 Å². The molecule has 1 aromatic carbocycles. The summed E-state index contributed by atoms with van der Waals surface area (Å²) < 4.78 is 45.0. The van der Waals surface area contributed by atoms with Gasteiger partial charge in [0.05, 0.1) is 6.42 Å². The van der Waals surface area contributed by atoms with E-state index in [0.717, 1.165) is 11.6 Å². The van der Waals surface area contributed by atoms with E-state index in [2.05, 4.69) is 5.32 Å². The number of furan rings is 1. The van der Waals surface area contributed by atoms with Crippen LogP contribution < -0.4 is 5.32 Å². The summed E-state index contributed by atoms with van der Waals surface area (Å²) >= 11 is 0. The number of aryl methyl sites for hydroxylation is 2.